The molecular formula is C18H19N3. The zero-order chi connectivity index (χ0) is 14.8. The predicted octanol–water partition coefficient (Wildman–Crippen LogP) is 3.73. The number of pyridine rings is 1. The molecule has 0 saturated heterocycles. The molecule has 3 nitrogen and oxygen atoms in total. The lowest BCUT2D eigenvalue weighted by atomic mass is 10.0. The van der Waals surface area contributed by atoms with E-state index < -0.39 is 0 Å². The zero-order valence-corrected chi connectivity index (χ0v) is 12.4. The number of nitrogens with two attached hydrogens (primary N) is 1. The van der Waals surface area contributed by atoms with Gasteiger partial charge in [-0.2, -0.15) is 0 Å². The number of rotatable bonds is 3. The van der Waals surface area contributed by atoms with E-state index in [0.29, 0.717) is 0 Å². The summed E-state index contributed by atoms with van der Waals surface area (Å²) < 4.78 is 0. The Bertz CT molecular complexity index is 779. The highest BCUT2D eigenvalue weighted by atomic mass is 15.2. The van der Waals surface area contributed by atoms with Crippen molar-refractivity contribution in [2.75, 3.05) is 5.43 Å². The molecule has 0 fully saturated rings. The van der Waals surface area contributed by atoms with E-state index >= 15 is 0 Å². The molecule has 0 aliphatic rings. The number of hydrogen-bond acceptors (Lipinski definition) is 3. The summed E-state index contributed by atoms with van der Waals surface area (Å²) in [5.74, 6) is 6.42. The molecule has 0 spiro atoms. The van der Waals surface area contributed by atoms with Crippen LogP contribution in [0.25, 0.3) is 10.9 Å². The minimum atomic E-state index is 0.750. The molecule has 3 rings (SSSR count). The first-order chi connectivity index (χ1) is 10.2. The molecule has 0 saturated carbocycles. The van der Waals surface area contributed by atoms with Crippen LogP contribution in [0, 0.1) is 13.8 Å². The predicted molar refractivity (Wildman–Crippen MR) is 88.3 cm³/mol. The number of anilines is 1. The van der Waals surface area contributed by atoms with Gasteiger partial charge < -0.3 is 5.43 Å². The summed E-state index contributed by atoms with van der Waals surface area (Å²) in [6.07, 6.45) is 0.816. The van der Waals surface area contributed by atoms with Gasteiger partial charge in [-0.3, -0.25) is 0 Å². The average molecular weight is 277 g/mol. The summed E-state index contributed by atoms with van der Waals surface area (Å²) in [5.41, 5.74) is 8.57. The van der Waals surface area contributed by atoms with Crippen LogP contribution in [0.5, 0.6) is 0 Å². The van der Waals surface area contributed by atoms with Crippen molar-refractivity contribution in [1.29, 1.82) is 0 Å². The van der Waals surface area contributed by atoms with Crippen LogP contribution in [-0.2, 0) is 6.42 Å². The Hall–Kier alpha value is -2.39. The van der Waals surface area contributed by atoms with Crippen LogP contribution in [0.15, 0.2) is 48.5 Å². The van der Waals surface area contributed by atoms with Crippen molar-refractivity contribution < 1.29 is 0 Å². The van der Waals surface area contributed by atoms with Crippen molar-refractivity contribution >= 4 is 16.7 Å². The van der Waals surface area contributed by atoms with Crippen LogP contribution in [0.3, 0.4) is 0 Å². The Morgan fingerprint density at radius 2 is 1.81 bits per heavy atom. The molecule has 3 aromatic rings. The van der Waals surface area contributed by atoms with Crippen molar-refractivity contribution in [3.8, 4) is 0 Å². The molecule has 0 unspecified atom stereocenters. The van der Waals surface area contributed by atoms with Gasteiger partial charge in [0.05, 0.1) is 5.52 Å². The van der Waals surface area contributed by atoms with E-state index in [9.17, 15) is 0 Å². The first-order valence-corrected chi connectivity index (χ1v) is 7.09. The number of aryl methyl sites for hydroxylation is 2. The van der Waals surface area contributed by atoms with Gasteiger partial charge in [-0.25, -0.2) is 10.8 Å². The highest BCUT2D eigenvalue weighted by Gasteiger charge is 2.09. The minimum absolute atomic E-state index is 0.750. The number of nitrogens with one attached hydrogen (secondary N) is 1. The summed E-state index contributed by atoms with van der Waals surface area (Å²) in [4.78, 5) is 4.71. The second-order valence-corrected chi connectivity index (χ2v) is 5.38. The van der Waals surface area contributed by atoms with E-state index in [2.05, 4.69) is 49.6 Å². The first kappa shape index (κ1) is 13.6. The number of nitrogen functional groups attached to an aromatic ring is 1. The molecule has 0 aliphatic heterocycles. The summed E-state index contributed by atoms with van der Waals surface area (Å²) in [6.45, 7) is 4.20. The minimum Gasteiger partial charge on any atom is -0.308 e. The van der Waals surface area contributed by atoms with E-state index in [-0.39, 0.29) is 0 Å². The number of hydrogen-bond donors (Lipinski definition) is 2. The Balaban J connectivity index is 2.12. The van der Waals surface area contributed by atoms with Gasteiger partial charge in [-0.05, 0) is 36.6 Å². The number of nitrogens with zero attached hydrogens (tertiary/aromatic N) is 1. The second kappa shape index (κ2) is 5.54. The summed E-state index contributed by atoms with van der Waals surface area (Å²) in [7, 11) is 0. The molecule has 3 heteroatoms. The van der Waals surface area contributed by atoms with E-state index in [1.54, 1.807) is 0 Å². The fourth-order valence-corrected chi connectivity index (χ4v) is 2.60. The fourth-order valence-electron chi connectivity index (χ4n) is 2.60. The van der Waals surface area contributed by atoms with Gasteiger partial charge >= 0.3 is 0 Å². The molecular weight excluding hydrogens is 258 g/mol. The van der Waals surface area contributed by atoms with Gasteiger partial charge in [0.15, 0.2) is 0 Å². The Kier molecular flexibility index (Phi) is 3.59. The van der Waals surface area contributed by atoms with Crippen LogP contribution in [0.2, 0.25) is 0 Å². The van der Waals surface area contributed by atoms with Crippen LogP contribution in [-0.4, -0.2) is 4.98 Å². The molecule has 106 valence electrons. The van der Waals surface area contributed by atoms with Crippen LogP contribution in [0.4, 0.5) is 5.82 Å². The third kappa shape index (κ3) is 2.60. The standard InChI is InChI=1S/C18H19N3/c1-12-8-9-15-11-16(10-14-6-4-3-5-7-14)18(21-19)20-17(15)13(12)2/h3-9,11H,10,19H2,1-2H3,(H,20,21). The van der Waals surface area contributed by atoms with E-state index in [4.69, 9.17) is 10.8 Å². The first-order valence-electron chi connectivity index (χ1n) is 7.09. The third-order valence-electron chi connectivity index (χ3n) is 3.96. The van der Waals surface area contributed by atoms with Crippen molar-refractivity contribution in [3.63, 3.8) is 0 Å². The molecule has 0 aliphatic carbocycles. The summed E-state index contributed by atoms with van der Waals surface area (Å²) in [5, 5.41) is 1.16. The molecule has 0 atom stereocenters. The number of benzene rings is 2. The van der Waals surface area contributed by atoms with Crippen LogP contribution >= 0.6 is 0 Å². The monoisotopic (exact) mass is 277 g/mol. The zero-order valence-electron chi connectivity index (χ0n) is 12.4. The van der Waals surface area contributed by atoms with Crippen molar-refractivity contribution in [1.82, 2.24) is 4.98 Å². The average Bonchev–Trinajstić information content (AvgIpc) is 2.52. The van der Waals surface area contributed by atoms with Gasteiger partial charge in [0.2, 0.25) is 0 Å². The number of hydrazine groups is 1. The molecule has 0 bridgehead atoms. The lowest BCUT2D eigenvalue weighted by Gasteiger charge is -2.12. The topological polar surface area (TPSA) is 50.9 Å². The normalized spacial score (nSPS) is 10.8. The quantitative estimate of drug-likeness (QED) is 0.566. The fraction of sp³-hybridized carbons (Fsp3) is 0.167. The summed E-state index contributed by atoms with van der Waals surface area (Å²) >= 11 is 0. The largest absolute Gasteiger partial charge is 0.308 e. The van der Waals surface area contributed by atoms with E-state index in [1.165, 1.54) is 16.7 Å². The van der Waals surface area contributed by atoms with Crippen molar-refractivity contribution in [2.24, 2.45) is 5.84 Å². The lowest BCUT2D eigenvalue weighted by molar-refractivity contribution is 1.13. The lowest BCUT2D eigenvalue weighted by Crippen LogP contribution is -2.12. The maximum atomic E-state index is 5.67. The number of aromatic nitrogens is 1. The number of fused-ring (bicyclic) bond motifs is 1. The molecule has 0 amide bonds. The molecule has 1 aromatic heterocycles. The van der Waals surface area contributed by atoms with Gasteiger partial charge in [0.1, 0.15) is 5.82 Å². The Morgan fingerprint density at radius 1 is 1.05 bits per heavy atom. The van der Waals surface area contributed by atoms with Crippen molar-refractivity contribution in [2.45, 2.75) is 20.3 Å². The van der Waals surface area contributed by atoms with E-state index in [1.807, 2.05) is 18.2 Å². The van der Waals surface area contributed by atoms with Gasteiger partial charge in [0.25, 0.3) is 0 Å². The molecule has 1 heterocycles. The molecule has 2 aromatic carbocycles. The molecule has 0 radical (unpaired) electrons. The van der Waals surface area contributed by atoms with E-state index in [0.717, 1.165) is 28.7 Å². The van der Waals surface area contributed by atoms with Crippen LogP contribution in [0.1, 0.15) is 22.3 Å². The highest BCUT2D eigenvalue weighted by molar-refractivity contribution is 5.85. The molecule has 3 N–H and O–H groups in total. The maximum absolute atomic E-state index is 5.67. The van der Waals surface area contributed by atoms with Crippen molar-refractivity contribution in [3.05, 3.63) is 70.8 Å². The maximum Gasteiger partial charge on any atom is 0.144 e. The second-order valence-electron chi connectivity index (χ2n) is 5.38. The molecule has 21 heavy (non-hydrogen) atoms. The van der Waals surface area contributed by atoms with Crippen LogP contribution < -0.4 is 11.3 Å². The summed E-state index contributed by atoms with van der Waals surface area (Å²) in [6, 6.07) is 16.8. The Morgan fingerprint density at radius 3 is 2.52 bits per heavy atom. The van der Waals surface area contributed by atoms with Gasteiger partial charge in [-0.15, -0.1) is 0 Å². The SMILES string of the molecule is Cc1ccc2cc(Cc3ccccc3)c(NN)nc2c1C. The van der Waals surface area contributed by atoms with Gasteiger partial charge in [0, 0.05) is 17.4 Å². The highest BCUT2D eigenvalue weighted by Crippen LogP contribution is 2.26. The smallest absolute Gasteiger partial charge is 0.144 e. The third-order valence-corrected chi connectivity index (χ3v) is 3.96. The Labute approximate surface area is 124 Å². The van der Waals surface area contributed by atoms with Gasteiger partial charge in [-0.1, -0.05) is 42.5 Å².